The molecular formula is C18H26ClN5OS. The molecule has 1 heterocycles. The Morgan fingerprint density at radius 1 is 1.27 bits per heavy atom. The highest BCUT2D eigenvalue weighted by atomic mass is 35.5. The second-order valence-corrected chi connectivity index (χ2v) is 7.55. The van der Waals surface area contributed by atoms with E-state index in [1.54, 1.807) is 11.8 Å². The zero-order valence-corrected chi connectivity index (χ0v) is 17.0. The van der Waals surface area contributed by atoms with Crippen LogP contribution in [0.1, 0.15) is 38.4 Å². The minimum atomic E-state index is 0.271. The second-order valence-electron chi connectivity index (χ2n) is 5.94. The van der Waals surface area contributed by atoms with E-state index in [1.165, 1.54) is 4.90 Å². The first-order valence-electron chi connectivity index (χ1n) is 8.81. The summed E-state index contributed by atoms with van der Waals surface area (Å²) >= 11 is 7.68. The van der Waals surface area contributed by atoms with Crippen molar-refractivity contribution in [1.82, 2.24) is 20.8 Å². The van der Waals surface area contributed by atoms with Crippen LogP contribution in [0, 0.1) is 0 Å². The van der Waals surface area contributed by atoms with Crippen LogP contribution in [0.2, 0.25) is 5.02 Å². The number of halogens is 1. The number of rotatable bonds is 9. The van der Waals surface area contributed by atoms with Crippen LogP contribution in [0.5, 0.6) is 0 Å². The first kappa shape index (κ1) is 20.6. The van der Waals surface area contributed by atoms with Gasteiger partial charge in [0.25, 0.3) is 0 Å². The van der Waals surface area contributed by atoms with E-state index in [1.807, 2.05) is 45.0 Å². The number of nitrogens with one attached hydrogen (secondary N) is 2. The van der Waals surface area contributed by atoms with E-state index in [9.17, 15) is 0 Å². The van der Waals surface area contributed by atoms with Gasteiger partial charge in [-0.3, -0.25) is 4.99 Å². The molecular weight excluding hydrogens is 370 g/mol. The van der Waals surface area contributed by atoms with Crippen molar-refractivity contribution in [3.05, 3.63) is 41.0 Å². The van der Waals surface area contributed by atoms with Gasteiger partial charge in [0.1, 0.15) is 0 Å². The van der Waals surface area contributed by atoms with Gasteiger partial charge in [0.2, 0.25) is 5.89 Å². The molecule has 0 radical (unpaired) electrons. The highest BCUT2D eigenvalue weighted by Gasteiger charge is 2.09. The molecule has 1 aromatic heterocycles. The van der Waals surface area contributed by atoms with E-state index in [0.717, 1.165) is 35.6 Å². The van der Waals surface area contributed by atoms with Gasteiger partial charge in [0.05, 0.1) is 6.54 Å². The maximum absolute atomic E-state index is 5.90. The van der Waals surface area contributed by atoms with Crippen LogP contribution >= 0.6 is 23.4 Å². The molecule has 142 valence electrons. The van der Waals surface area contributed by atoms with Crippen LogP contribution in [0.3, 0.4) is 0 Å². The van der Waals surface area contributed by atoms with Gasteiger partial charge in [-0.1, -0.05) is 30.6 Å². The maximum atomic E-state index is 5.90. The molecule has 26 heavy (non-hydrogen) atoms. The molecule has 0 bridgehead atoms. The van der Waals surface area contributed by atoms with Gasteiger partial charge in [0.15, 0.2) is 11.8 Å². The lowest BCUT2D eigenvalue weighted by atomic mass is 10.2. The summed E-state index contributed by atoms with van der Waals surface area (Å²) in [4.78, 5) is 10.1. The minimum Gasteiger partial charge on any atom is -0.357 e. The summed E-state index contributed by atoms with van der Waals surface area (Å²) in [7, 11) is 0. The number of benzene rings is 1. The smallest absolute Gasteiger partial charge is 0.228 e. The molecule has 0 unspecified atom stereocenters. The Balaban J connectivity index is 1.73. The highest BCUT2D eigenvalue weighted by molar-refractivity contribution is 7.99. The topological polar surface area (TPSA) is 75.3 Å². The molecule has 2 rings (SSSR count). The Hall–Kier alpha value is -1.73. The summed E-state index contributed by atoms with van der Waals surface area (Å²) in [5.74, 6) is 3.38. The number of aliphatic imine (C=N–C) groups is 1. The lowest BCUT2D eigenvalue weighted by Gasteiger charge is -2.10. The van der Waals surface area contributed by atoms with E-state index < -0.39 is 0 Å². The fourth-order valence-electron chi connectivity index (χ4n) is 2.08. The molecule has 1 aromatic carbocycles. The van der Waals surface area contributed by atoms with Crippen molar-refractivity contribution in [1.29, 1.82) is 0 Å². The summed E-state index contributed by atoms with van der Waals surface area (Å²) in [5.41, 5.74) is 0. The fraction of sp³-hybridized carbons (Fsp3) is 0.500. The Kier molecular flexibility index (Phi) is 8.77. The van der Waals surface area contributed by atoms with Gasteiger partial charge in [-0.15, -0.1) is 11.8 Å². The average Bonchev–Trinajstić information content (AvgIpc) is 3.09. The molecule has 2 N–H and O–H groups in total. The zero-order valence-electron chi connectivity index (χ0n) is 15.5. The molecule has 0 spiro atoms. The minimum absolute atomic E-state index is 0.271. The second kappa shape index (κ2) is 11.1. The Morgan fingerprint density at radius 3 is 2.69 bits per heavy atom. The van der Waals surface area contributed by atoms with Crippen LogP contribution < -0.4 is 10.6 Å². The van der Waals surface area contributed by atoms with Gasteiger partial charge >= 0.3 is 0 Å². The van der Waals surface area contributed by atoms with Gasteiger partial charge in [-0.2, -0.15) is 4.98 Å². The summed E-state index contributed by atoms with van der Waals surface area (Å²) in [6, 6.07) is 7.88. The van der Waals surface area contributed by atoms with Gasteiger partial charge < -0.3 is 15.2 Å². The molecule has 0 aliphatic heterocycles. The first-order valence-corrected chi connectivity index (χ1v) is 10.2. The molecule has 0 fully saturated rings. The van der Waals surface area contributed by atoms with E-state index in [-0.39, 0.29) is 5.92 Å². The predicted molar refractivity (Wildman–Crippen MR) is 108 cm³/mol. The van der Waals surface area contributed by atoms with E-state index in [0.29, 0.717) is 18.9 Å². The van der Waals surface area contributed by atoms with Crippen LogP contribution in [-0.2, 0) is 6.42 Å². The van der Waals surface area contributed by atoms with Gasteiger partial charge in [-0.25, -0.2) is 0 Å². The van der Waals surface area contributed by atoms with Gasteiger partial charge in [-0.05, 0) is 31.2 Å². The third-order valence-corrected chi connectivity index (χ3v) is 4.68. The van der Waals surface area contributed by atoms with Crippen LogP contribution in [-0.4, -0.2) is 41.5 Å². The molecule has 0 atom stereocenters. The average molecular weight is 396 g/mol. The first-order chi connectivity index (χ1) is 12.6. The maximum Gasteiger partial charge on any atom is 0.228 e. The monoisotopic (exact) mass is 395 g/mol. The third kappa shape index (κ3) is 7.25. The van der Waals surface area contributed by atoms with Crippen molar-refractivity contribution in [3.63, 3.8) is 0 Å². The highest BCUT2D eigenvalue weighted by Crippen LogP contribution is 2.19. The third-order valence-electron chi connectivity index (χ3n) is 3.42. The molecule has 2 aromatic rings. The Bertz CT molecular complexity index is 687. The van der Waals surface area contributed by atoms with Gasteiger partial charge in [0, 0.05) is 41.1 Å². The van der Waals surface area contributed by atoms with Crippen LogP contribution in [0.25, 0.3) is 0 Å². The normalized spacial score (nSPS) is 11.8. The molecule has 0 aliphatic rings. The summed E-state index contributed by atoms with van der Waals surface area (Å²) in [5, 5.41) is 11.3. The lowest BCUT2D eigenvalue weighted by Crippen LogP contribution is -2.38. The number of nitrogens with zero attached hydrogens (tertiary/aromatic N) is 3. The molecule has 6 nitrogen and oxygen atoms in total. The van der Waals surface area contributed by atoms with E-state index in [2.05, 4.69) is 25.8 Å². The van der Waals surface area contributed by atoms with E-state index in [4.69, 9.17) is 16.1 Å². The largest absolute Gasteiger partial charge is 0.357 e. The number of hydrogen-bond acceptors (Lipinski definition) is 5. The number of thioether (sulfide) groups is 1. The van der Waals surface area contributed by atoms with Crippen molar-refractivity contribution in [2.45, 2.75) is 38.0 Å². The summed E-state index contributed by atoms with van der Waals surface area (Å²) < 4.78 is 5.24. The quantitative estimate of drug-likeness (QED) is 0.291. The molecule has 8 heteroatoms. The molecule has 0 saturated heterocycles. The fourth-order valence-corrected chi connectivity index (χ4v) is 2.97. The standard InChI is InChI=1S/C18H26ClN5OS/c1-4-20-18(21-10-9-16-23-17(13(2)3)24-25-16)22-11-12-26-15-7-5-14(19)6-8-15/h5-8,13H,4,9-12H2,1-3H3,(H2,20,21,22). The van der Waals surface area contributed by atoms with Crippen molar-refractivity contribution in [2.24, 2.45) is 4.99 Å². The molecule has 0 saturated carbocycles. The van der Waals surface area contributed by atoms with Crippen molar-refractivity contribution in [2.75, 3.05) is 25.4 Å². The number of hydrogen-bond donors (Lipinski definition) is 2. The summed E-state index contributed by atoms with van der Waals surface area (Å²) in [6.45, 7) is 8.36. The van der Waals surface area contributed by atoms with E-state index >= 15 is 0 Å². The predicted octanol–water partition coefficient (Wildman–Crippen LogP) is 3.74. The SMILES string of the molecule is CCNC(=NCCc1nc(C(C)C)no1)NCCSc1ccc(Cl)cc1. The zero-order chi connectivity index (χ0) is 18.8. The van der Waals surface area contributed by atoms with Crippen molar-refractivity contribution in [3.8, 4) is 0 Å². The lowest BCUT2D eigenvalue weighted by molar-refractivity contribution is 0.372. The van der Waals surface area contributed by atoms with Crippen molar-refractivity contribution < 1.29 is 4.52 Å². The van der Waals surface area contributed by atoms with Crippen molar-refractivity contribution >= 4 is 29.3 Å². The Labute approximate surface area is 164 Å². The number of guanidine groups is 1. The Morgan fingerprint density at radius 2 is 2.04 bits per heavy atom. The molecule has 0 aliphatic carbocycles. The molecule has 0 amide bonds. The number of aromatic nitrogens is 2. The summed E-state index contributed by atoms with van der Waals surface area (Å²) in [6.07, 6.45) is 0.635. The van der Waals surface area contributed by atoms with Crippen LogP contribution in [0.4, 0.5) is 0 Å². The van der Waals surface area contributed by atoms with Crippen LogP contribution in [0.15, 0.2) is 38.7 Å².